The summed E-state index contributed by atoms with van der Waals surface area (Å²) < 4.78 is 5.59. The van der Waals surface area contributed by atoms with E-state index in [1.165, 1.54) is 5.56 Å². The molecule has 1 fully saturated rings. The first kappa shape index (κ1) is 23.7. The summed E-state index contributed by atoms with van der Waals surface area (Å²) in [5.74, 6) is 1.82. The largest absolute Gasteiger partial charge is 0.468 e. The number of halogens is 1. The summed E-state index contributed by atoms with van der Waals surface area (Å²) in [7, 11) is 5.96. The minimum Gasteiger partial charge on any atom is -0.468 e. The summed E-state index contributed by atoms with van der Waals surface area (Å²) in [6.45, 7) is 3.99. The van der Waals surface area contributed by atoms with Crippen LogP contribution in [0, 0.1) is 0 Å². The van der Waals surface area contributed by atoms with Crippen LogP contribution < -0.4 is 10.6 Å². The summed E-state index contributed by atoms with van der Waals surface area (Å²) in [4.78, 5) is 9.10. The van der Waals surface area contributed by atoms with Gasteiger partial charge in [-0.1, -0.05) is 30.3 Å². The van der Waals surface area contributed by atoms with Gasteiger partial charge in [0.25, 0.3) is 0 Å². The van der Waals surface area contributed by atoms with Crippen molar-refractivity contribution in [1.29, 1.82) is 0 Å². The fourth-order valence-corrected chi connectivity index (χ4v) is 3.68. The number of nitrogens with zero attached hydrogens (tertiary/aromatic N) is 3. The number of piperidine rings is 1. The van der Waals surface area contributed by atoms with E-state index in [2.05, 4.69) is 69.9 Å². The van der Waals surface area contributed by atoms with Gasteiger partial charge in [0.15, 0.2) is 5.96 Å². The summed E-state index contributed by atoms with van der Waals surface area (Å²) in [6.07, 6.45) is 3.98. The molecular formula is C22H34IN5O. The number of guanidine groups is 1. The van der Waals surface area contributed by atoms with Gasteiger partial charge >= 0.3 is 0 Å². The van der Waals surface area contributed by atoms with E-state index in [0.29, 0.717) is 6.04 Å². The van der Waals surface area contributed by atoms with Gasteiger partial charge in [-0.2, -0.15) is 0 Å². The molecular weight excluding hydrogens is 477 g/mol. The van der Waals surface area contributed by atoms with Gasteiger partial charge in [0, 0.05) is 39.3 Å². The zero-order valence-electron chi connectivity index (χ0n) is 17.7. The first-order valence-electron chi connectivity index (χ1n) is 10.1. The molecule has 0 bridgehead atoms. The number of nitrogens with one attached hydrogen (secondary N) is 2. The quantitative estimate of drug-likeness (QED) is 0.340. The van der Waals surface area contributed by atoms with E-state index in [1.54, 1.807) is 6.26 Å². The minimum absolute atomic E-state index is 0. The molecule has 1 unspecified atom stereocenters. The van der Waals surface area contributed by atoms with E-state index in [9.17, 15) is 0 Å². The molecule has 1 aliphatic rings. The number of furan rings is 1. The maximum absolute atomic E-state index is 5.59. The van der Waals surface area contributed by atoms with Crippen LogP contribution in [0.5, 0.6) is 0 Å². The molecule has 3 rings (SSSR count). The third kappa shape index (κ3) is 7.31. The SMILES string of the molecule is CN=C(NCC(c1ccco1)N(C)C)NC1CCN(Cc2ccccc2)CC1.I. The lowest BCUT2D eigenvalue weighted by Crippen LogP contribution is -2.49. The van der Waals surface area contributed by atoms with E-state index >= 15 is 0 Å². The number of rotatable bonds is 7. The van der Waals surface area contributed by atoms with Crippen LogP contribution in [0.25, 0.3) is 0 Å². The first-order chi connectivity index (χ1) is 13.7. The molecule has 160 valence electrons. The van der Waals surface area contributed by atoms with Crippen LogP contribution in [-0.4, -0.2) is 62.6 Å². The van der Waals surface area contributed by atoms with Crippen molar-refractivity contribution in [2.75, 3.05) is 40.8 Å². The van der Waals surface area contributed by atoms with Crippen LogP contribution in [0.3, 0.4) is 0 Å². The van der Waals surface area contributed by atoms with Gasteiger partial charge in [0.2, 0.25) is 0 Å². The number of hydrogen-bond acceptors (Lipinski definition) is 4. The Morgan fingerprint density at radius 2 is 1.90 bits per heavy atom. The van der Waals surface area contributed by atoms with Crippen LogP contribution in [0.15, 0.2) is 58.1 Å². The molecule has 1 atom stereocenters. The van der Waals surface area contributed by atoms with Crippen molar-refractivity contribution in [3.8, 4) is 0 Å². The lowest BCUT2D eigenvalue weighted by molar-refractivity contribution is 0.198. The van der Waals surface area contributed by atoms with Gasteiger partial charge in [-0.05, 0) is 44.6 Å². The first-order valence-corrected chi connectivity index (χ1v) is 10.1. The molecule has 1 aliphatic heterocycles. The normalized spacial score (nSPS) is 17.0. The molecule has 1 aromatic heterocycles. The van der Waals surface area contributed by atoms with Crippen molar-refractivity contribution >= 4 is 29.9 Å². The van der Waals surface area contributed by atoms with Gasteiger partial charge in [0.1, 0.15) is 5.76 Å². The highest BCUT2D eigenvalue weighted by atomic mass is 127. The van der Waals surface area contributed by atoms with Gasteiger partial charge in [-0.25, -0.2) is 0 Å². The smallest absolute Gasteiger partial charge is 0.191 e. The summed E-state index contributed by atoms with van der Waals surface area (Å²) in [6, 6.07) is 15.3. The lowest BCUT2D eigenvalue weighted by Gasteiger charge is -2.33. The fraction of sp³-hybridized carbons (Fsp3) is 0.500. The predicted octanol–water partition coefficient (Wildman–Crippen LogP) is 3.33. The highest BCUT2D eigenvalue weighted by Gasteiger charge is 2.21. The topological polar surface area (TPSA) is 56.0 Å². The maximum Gasteiger partial charge on any atom is 0.191 e. The second kappa shape index (κ2) is 12.2. The molecule has 29 heavy (non-hydrogen) atoms. The van der Waals surface area contributed by atoms with E-state index in [4.69, 9.17) is 4.42 Å². The average Bonchev–Trinajstić information content (AvgIpc) is 3.23. The van der Waals surface area contributed by atoms with Crippen LogP contribution in [0.4, 0.5) is 0 Å². The number of hydrogen-bond donors (Lipinski definition) is 2. The molecule has 2 heterocycles. The Hall–Kier alpha value is -1.58. The highest BCUT2D eigenvalue weighted by molar-refractivity contribution is 14.0. The maximum atomic E-state index is 5.59. The van der Waals surface area contributed by atoms with Crippen molar-refractivity contribution in [2.45, 2.75) is 31.5 Å². The Balaban J connectivity index is 0.00000300. The van der Waals surface area contributed by atoms with E-state index < -0.39 is 0 Å². The number of likely N-dealkylation sites (tertiary alicyclic amines) is 1. The van der Waals surface area contributed by atoms with E-state index in [0.717, 1.165) is 50.7 Å². The van der Waals surface area contributed by atoms with Crippen LogP contribution >= 0.6 is 24.0 Å². The molecule has 1 saturated heterocycles. The zero-order valence-corrected chi connectivity index (χ0v) is 20.0. The lowest BCUT2D eigenvalue weighted by atomic mass is 10.0. The minimum atomic E-state index is 0. The molecule has 0 radical (unpaired) electrons. The molecule has 2 N–H and O–H groups in total. The van der Waals surface area contributed by atoms with Crippen molar-refractivity contribution in [1.82, 2.24) is 20.4 Å². The highest BCUT2D eigenvalue weighted by Crippen LogP contribution is 2.18. The monoisotopic (exact) mass is 511 g/mol. The number of aliphatic imine (C=N–C) groups is 1. The van der Waals surface area contributed by atoms with E-state index in [-0.39, 0.29) is 30.0 Å². The number of benzene rings is 1. The molecule has 0 saturated carbocycles. The molecule has 0 amide bonds. The Morgan fingerprint density at radius 3 is 2.48 bits per heavy atom. The Kier molecular flexibility index (Phi) is 9.96. The average molecular weight is 511 g/mol. The Labute approximate surface area is 191 Å². The molecule has 2 aromatic rings. The third-order valence-corrected chi connectivity index (χ3v) is 5.36. The fourth-order valence-electron chi connectivity index (χ4n) is 3.68. The van der Waals surface area contributed by atoms with Gasteiger partial charge in [0.05, 0.1) is 12.3 Å². The summed E-state index contributed by atoms with van der Waals surface area (Å²) in [5.41, 5.74) is 1.39. The van der Waals surface area contributed by atoms with E-state index in [1.807, 2.05) is 19.2 Å². The van der Waals surface area contributed by atoms with Crippen LogP contribution in [-0.2, 0) is 6.54 Å². The molecule has 0 aliphatic carbocycles. The number of likely N-dealkylation sites (N-methyl/N-ethyl adjacent to an activating group) is 1. The second-order valence-electron chi connectivity index (χ2n) is 7.63. The third-order valence-electron chi connectivity index (χ3n) is 5.36. The van der Waals surface area contributed by atoms with Crippen LogP contribution in [0.1, 0.15) is 30.2 Å². The Bertz CT molecular complexity index is 712. The second-order valence-corrected chi connectivity index (χ2v) is 7.63. The van der Waals surface area contributed by atoms with Gasteiger partial charge < -0.3 is 15.1 Å². The van der Waals surface area contributed by atoms with Crippen molar-refractivity contribution in [3.05, 3.63) is 60.1 Å². The van der Waals surface area contributed by atoms with Crippen molar-refractivity contribution < 1.29 is 4.42 Å². The summed E-state index contributed by atoms with van der Waals surface area (Å²) in [5, 5.41) is 7.05. The molecule has 0 spiro atoms. The molecule has 1 aromatic carbocycles. The standard InChI is InChI=1S/C22H33N5O.HI/c1-23-22(24-16-20(26(2)3)21-10-7-15-28-21)25-19-11-13-27(14-12-19)17-18-8-5-4-6-9-18;/h4-10,15,19-20H,11-14,16-17H2,1-3H3,(H2,23,24,25);1H. The molecule has 6 nitrogen and oxygen atoms in total. The van der Waals surface area contributed by atoms with Gasteiger partial charge in [-0.15, -0.1) is 24.0 Å². The van der Waals surface area contributed by atoms with Crippen molar-refractivity contribution in [3.63, 3.8) is 0 Å². The Morgan fingerprint density at radius 1 is 1.17 bits per heavy atom. The van der Waals surface area contributed by atoms with Crippen LogP contribution in [0.2, 0.25) is 0 Å². The predicted molar refractivity (Wildman–Crippen MR) is 130 cm³/mol. The zero-order chi connectivity index (χ0) is 19.8. The van der Waals surface area contributed by atoms with Crippen molar-refractivity contribution in [2.24, 2.45) is 4.99 Å². The molecule has 7 heteroatoms. The van der Waals surface area contributed by atoms with Gasteiger partial charge in [-0.3, -0.25) is 14.8 Å². The summed E-state index contributed by atoms with van der Waals surface area (Å²) >= 11 is 0.